The van der Waals surface area contributed by atoms with Gasteiger partial charge in [0.1, 0.15) is 5.75 Å². The van der Waals surface area contributed by atoms with Crippen molar-refractivity contribution in [3.63, 3.8) is 0 Å². The van der Waals surface area contributed by atoms with Crippen molar-refractivity contribution in [3.8, 4) is 5.75 Å². The summed E-state index contributed by atoms with van der Waals surface area (Å²) in [6.45, 7) is 1.93. The first-order valence-electron chi connectivity index (χ1n) is 5.57. The number of aliphatic hydroxyl groups is 1. The molecule has 1 aromatic carbocycles. The minimum absolute atomic E-state index is 0.177. The van der Waals surface area contributed by atoms with Crippen LogP contribution in [0.2, 0.25) is 5.02 Å². The van der Waals surface area contributed by atoms with Crippen LogP contribution in [0.1, 0.15) is 24.2 Å². The zero-order valence-corrected chi connectivity index (χ0v) is 10.6. The summed E-state index contributed by atoms with van der Waals surface area (Å²) in [4.78, 5) is 4.12. The SMILES string of the molecule is CCc1nc(COc2cccc(Cl)c2CO)no1. The minimum Gasteiger partial charge on any atom is -0.485 e. The molecule has 0 aliphatic rings. The molecule has 96 valence electrons. The maximum atomic E-state index is 9.22. The second-order valence-corrected chi connectivity index (χ2v) is 4.03. The van der Waals surface area contributed by atoms with E-state index in [2.05, 4.69) is 10.1 Å². The summed E-state index contributed by atoms with van der Waals surface area (Å²) < 4.78 is 10.5. The van der Waals surface area contributed by atoms with Crippen molar-refractivity contribution in [1.82, 2.24) is 10.1 Å². The number of hydrogen-bond donors (Lipinski definition) is 1. The fourth-order valence-electron chi connectivity index (χ4n) is 1.46. The normalized spacial score (nSPS) is 10.6. The highest BCUT2D eigenvalue weighted by atomic mass is 35.5. The third kappa shape index (κ3) is 2.80. The molecule has 6 heteroatoms. The Morgan fingerprint density at radius 3 is 2.94 bits per heavy atom. The van der Waals surface area contributed by atoms with E-state index in [0.29, 0.717) is 34.5 Å². The Labute approximate surface area is 109 Å². The molecule has 1 heterocycles. The average Bonchev–Trinajstić information content (AvgIpc) is 2.84. The molecule has 5 nitrogen and oxygen atoms in total. The lowest BCUT2D eigenvalue weighted by molar-refractivity contribution is 0.253. The molecule has 0 saturated carbocycles. The van der Waals surface area contributed by atoms with E-state index in [1.807, 2.05) is 6.92 Å². The number of hydrogen-bond acceptors (Lipinski definition) is 5. The summed E-state index contributed by atoms with van der Waals surface area (Å²) in [5.74, 6) is 1.56. The standard InChI is InChI=1S/C12H13ClN2O3/c1-2-12-14-11(15-18-12)7-17-10-5-3-4-9(13)8(10)6-16/h3-5,16H,2,6-7H2,1H3. The summed E-state index contributed by atoms with van der Waals surface area (Å²) in [5.41, 5.74) is 0.554. The fourth-order valence-corrected chi connectivity index (χ4v) is 1.69. The summed E-state index contributed by atoms with van der Waals surface area (Å²) in [6.07, 6.45) is 0.687. The van der Waals surface area contributed by atoms with Crippen LogP contribution in [0.5, 0.6) is 5.75 Å². The Bertz CT molecular complexity index is 528. The predicted octanol–water partition coefficient (Wildman–Crippen LogP) is 2.36. The van der Waals surface area contributed by atoms with Gasteiger partial charge in [-0.1, -0.05) is 29.7 Å². The highest BCUT2D eigenvalue weighted by Gasteiger charge is 2.09. The van der Waals surface area contributed by atoms with Crippen molar-refractivity contribution in [3.05, 3.63) is 40.5 Å². The molecule has 0 atom stereocenters. The molecule has 1 N–H and O–H groups in total. The Morgan fingerprint density at radius 1 is 1.44 bits per heavy atom. The van der Waals surface area contributed by atoms with Gasteiger partial charge in [-0.2, -0.15) is 4.98 Å². The quantitative estimate of drug-likeness (QED) is 0.901. The molecule has 0 saturated heterocycles. The van der Waals surface area contributed by atoms with E-state index in [1.165, 1.54) is 0 Å². The number of aryl methyl sites for hydroxylation is 1. The minimum atomic E-state index is -0.179. The van der Waals surface area contributed by atoms with Gasteiger partial charge < -0.3 is 14.4 Å². The molecule has 0 amide bonds. The number of aliphatic hydroxyl groups excluding tert-OH is 1. The molecule has 0 fully saturated rings. The van der Waals surface area contributed by atoms with Crippen LogP contribution < -0.4 is 4.74 Å². The lowest BCUT2D eigenvalue weighted by atomic mass is 10.2. The van der Waals surface area contributed by atoms with Gasteiger partial charge in [0.2, 0.25) is 11.7 Å². The van der Waals surface area contributed by atoms with Crippen molar-refractivity contribution >= 4 is 11.6 Å². The predicted molar refractivity (Wildman–Crippen MR) is 65.4 cm³/mol. The molecule has 2 rings (SSSR count). The van der Waals surface area contributed by atoms with E-state index >= 15 is 0 Å². The molecule has 1 aromatic heterocycles. The van der Waals surface area contributed by atoms with Gasteiger partial charge in [0.15, 0.2) is 6.61 Å². The summed E-state index contributed by atoms with van der Waals surface area (Å²) in [7, 11) is 0. The number of nitrogens with zero attached hydrogens (tertiary/aromatic N) is 2. The number of aromatic nitrogens is 2. The summed E-state index contributed by atoms with van der Waals surface area (Å²) >= 11 is 5.95. The van der Waals surface area contributed by atoms with E-state index in [0.717, 1.165) is 0 Å². The van der Waals surface area contributed by atoms with Crippen LogP contribution in [0.3, 0.4) is 0 Å². The lowest BCUT2D eigenvalue weighted by Gasteiger charge is -2.09. The van der Waals surface area contributed by atoms with Gasteiger partial charge in [0, 0.05) is 17.0 Å². The second-order valence-electron chi connectivity index (χ2n) is 3.62. The molecule has 0 aliphatic carbocycles. The molecule has 0 bridgehead atoms. The first-order chi connectivity index (χ1) is 8.74. The molecule has 0 spiro atoms. The van der Waals surface area contributed by atoms with Crippen molar-refractivity contribution in [1.29, 1.82) is 0 Å². The van der Waals surface area contributed by atoms with Gasteiger partial charge in [0.05, 0.1) is 6.61 Å². The molecule has 18 heavy (non-hydrogen) atoms. The number of benzene rings is 1. The molecule has 0 aliphatic heterocycles. The van der Waals surface area contributed by atoms with E-state index in [9.17, 15) is 5.11 Å². The van der Waals surface area contributed by atoms with Crippen molar-refractivity contribution in [2.24, 2.45) is 0 Å². The Balaban J connectivity index is 2.08. The summed E-state index contributed by atoms with van der Waals surface area (Å²) in [5, 5.41) is 13.5. The smallest absolute Gasteiger partial charge is 0.226 e. The monoisotopic (exact) mass is 268 g/mol. The van der Waals surface area contributed by atoms with Gasteiger partial charge >= 0.3 is 0 Å². The van der Waals surface area contributed by atoms with Gasteiger partial charge in [-0.05, 0) is 12.1 Å². The van der Waals surface area contributed by atoms with E-state index in [1.54, 1.807) is 18.2 Å². The average molecular weight is 269 g/mol. The molecule has 0 radical (unpaired) electrons. The number of rotatable bonds is 5. The maximum absolute atomic E-state index is 9.22. The third-order valence-electron chi connectivity index (χ3n) is 2.40. The van der Waals surface area contributed by atoms with Crippen LogP contribution in [0.4, 0.5) is 0 Å². The fraction of sp³-hybridized carbons (Fsp3) is 0.333. The second kappa shape index (κ2) is 5.84. The van der Waals surface area contributed by atoms with Crippen LogP contribution in [0, 0.1) is 0 Å². The maximum Gasteiger partial charge on any atom is 0.226 e. The van der Waals surface area contributed by atoms with E-state index in [4.69, 9.17) is 20.9 Å². The third-order valence-corrected chi connectivity index (χ3v) is 2.76. The van der Waals surface area contributed by atoms with Crippen molar-refractivity contribution in [2.75, 3.05) is 0 Å². The van der Waals surface area contributed by atoms with Gasteiger partial charge in [-0.3, -0.25) is 0 Å². The van der Waals surface area contributed by atoms with E-state index < -0.39 is 0 Å². The van der Waals surface area contributed by atoms with E-state index in [-0.39, 0.29) is 13.2 Å². The lowest BCUT2D eigenvalue weighted by Crippen LogP contribution is -2.01. The van der Waals surface area contributed by atoms with Crippen molar-refractivity contribution < 1.29 is 14.4 Å². The Kier molecular flexibility index (Phi) is 4.17. The topological polar surface area (TPSA) is 68.4 Å². The number of halogens is 1. The number of ether oxygens (including phenoxy) is 1. The largest absolute Gasteiger partial charge is 0.485 e. The zero-order valence-electron chi connectivity index (χ0n) is 9.89. The van der Waals surface area contributed by atoms with Gasteiger partial charge in [0.25, 0.3) is 0 Å². The van der Waals surface area contributed by atoms with Crippen LogP contribution in [0.15, 0.2) is 22.7 Å². The van der Waals surface area contributed by atoms with Gasteiger partial charge in [-0.25, -0.2) is 0 Å². The summed E-state index contributed by atoms with van der Waals surface area (Å²) in [6, 6.07) is 5.19. The van der Waals surface area contributed by atoms with Crippen LogP contribution in [-0.2, 0) is 19.6 Å². The first-order valence-corrected chi connectivity index (χ1v) is 5.95. The van der Waals surface area contributed by atoms with Crippen molar-refractivity contribution in [2.45, 2.75) is 26.6 Å². The molecule has 0 unspecified atom stereocenters. The molecule has 2 aromatic rings. The van der Waals surface area contributed by atoms with Crippen LogP contribution in [0.25, 0.3) is 0 Å². The van der Waals surface area contributed by atoms with Crippen LogP contribution >= 0.6 is 11.6 Å². The molecular weight excluding hydrogens is 256 g/mol. The Hall–Kier alpha value is -1.59. The first kappa shape index (κ1) is 12.9. The molecular formula is C12H13ClN2O3. The Morgan fingerprint density at radius 2 is 2.28 bits per heavy atom. The highest BCUT2D eigenvalue weighted by Crippen LogP contribution is 2.26. The zero-order chi connectivity index (χ0) is 13.0. The van der Waals surface area contributed by atoms with Crippen LogP contribution in [-0.4, -0.2) is 15.2 Å². The van der Waals surface area contributed by atoms with Gasteiger partial charge in [-0.15, -0.1) is 0 Å². The highest BCUT2D eigenvalue weighted by molar-refractivity contribution is 6.31.